The van der Waals surface area contributed by atoms with Gasteiger partial charge in [0.15, 0.2) is 0 Å². The third kappa shape index (κ3) is 4.82. The molecule has 0 radical (unpaired) electrons. The van der Waals surface area contributed by atoms with E-state index in [-0.39, 0.29) is 36.9 Å². The minimum absolute atomic E-state index is 0.0739. The van der Waals surface area contributed by atoms with Crippen LogP contribution in [0.1, 0.15) is 24.4 Å². The Hall–Kier alpha value is -2.94. The van der Waals surface area contributed by atoms with Gasteiger partial charge in [-0.15, -0.1) is 4.40 Å². The first kappa shape index (κ1) is 18.8. The van der Waals surface area contributed by atoms with Gasteiger partial charge < -0.3 is 15.3 Å². The van der Waals surface area contributed by atoms with Gasteiger partial charge in [-0.2, -0.15) is 0 Å². The van der Waals surface area contributed by atoms with Crippen molar-refractivity contribution in [3.05, 3.63) is 59.8 Å². The first-order chi connectivity index (χ1) is 12.8. The lowest BCUT2D eigenvalue weighted by molar-refractivity contribution is -0.137. The molecule has 0 bridgehead atoms. The number of benzene rings is 1. The molecule has 2 heterocycles. The van der Waals surface area contributed by atoms with Crippen molar-refractivity contribution in [1.82, 2.24) is 10.2 Å². The predicted octanol–water partition coefficient (Wildman–Crippen LogP) is 1.21. The Labute approximate surface area is 157 Å². The number of carboxylic acids is 1. The van der Waals surface area contributed by atoms with Crippen LogP contribution in [0.5, 0.6) is 0 Å². The van der Waals surface area contributed by atoms with E-state index in [0.717, 1.165) is 5.56 Å². The predicted molar refractivity (Wildman–Crippen MR) is 99.3 cm³/mol. The third-order valence-electron chi connectivity index (χ3n) is 4.24. The van der Waals surface area contributed by atoms with E-state index >= 15 is 0 Å². The topological polar surface area (TPSA) is 116 Å². The van der Waals surface area contributed by atoms with Gasteiger partial charge >= 0.3 is 5.97 Å². The number of aliphatic carboxylic acids is 1. The zero-order valence-electron chi connectivity index (χ0n) is 14.4. The lowest BCUT2D eigenvalue weighted by Crippen LogP contribution is -2.38. The number of hydrogen-bond donors (Lipinski definition) is 2. The molecule has 1 aromatic rings. The van der Waals surface area contributed by atoms with Crippen LogP contribution in [0.15, 0.2) is 58.7 Å². The highest BCUT2D eigenvalue weighted by atomic mass is 32.2. The Balaban J connectivity index is 1.75. The summed E-state index contributed by atoms with van der Waals surface area (Å²) in [7, 11) is -3.45. The van der Waals surface area contributed by atoms with Gasteiger partial charge in [0, 0.05) is 19.2 Å². The summed E-state index contributed by atoms with van der Waals surface area (Å²) in [6.45, 7) is 0.226. The Morgan fingerprint density at radius 1 is 1.22 bits per heavy atom. The highest BCUT2D eigenvalue weighted by molar-refractivity contribution is 7.90. The van der Waals surface area contributed by atoms with Crippen LogP contribution in [-0.2, 0) is 19.6 Å². The summed E-state index contributed by atoms with van der Waals surface area (Å²) in [4.78, 5) is 25.2. The maximum atomic E-state index is 12.7. The Morgan fingerprint density at radius 2 is 1.96 bits per heavy atom. The van der Waals surface area contributed by atoms with Crippen molar-refractivity contribution in [2.24, 2.45) is 4.40 Å². The fourth-order valence-electron chi connectivity index (χ4n) is 2.85. The van der Waals surface area contributed by atoms with Crippen LogP contribution >= 0.6 is 0 Å². The molecule has 0 saturated heterocycles. The lowest BCUT2D eigenvalue weighted by Gasteiger charge is -2.27. The SMILES string of the molecule is O=C(O)CCC(NC(=O)C1=CN2CCS(=O)(=O)N=C2C=C1)c1ccccc1. The molecule has 1 unspecified atom stereocenters. The van der Waals surface area contributed by atoms with Gasteiger partial charge in [-0.25, -0.2) is 8.42 Å². The van der Waals surface area contributed by atoms with Crippen molar-refractivity contribution in [3.8, 4) is 0 Å². The van der Waals surface area contributed by atoms with Crippen molar-refractivity contribution < 1.29 is 23.1 Å². The van der Waals surface area contributed by atoms with E-state index in [1.54, 1.807) is 11.1 Å². The van der Waals surface area contributed by atoms with Crippen LogP contribution < -0.4 is 5.32 Å². The minimum Gasteiger partial charge on any atom is -0.481 e. The van der Waals surface area contributed by atoms with Crippen molar-refractivity contribution in [3.63, 3.8) is 0 Å². The van der Waals surface area contributed by atoms with E-state index in [9.17, 15) is 18.0 Å². The molecule has 9 heteroatoms. The molecular formula is C18H19N3O5S. The van der Waals surface area contributed by atoms with Crippen LogP contribution in [0, 0.1) is 0 Å². The molecule has 1 amide bonds. The van der Waals surface area contributed by atoms with Gasteiger partial charge in [0.25, 0.3) is 15.9 Å². The molecule has 0 fully saturated rings. The van der Waals surface area contributed by atoms with E-state index in [4.69, 9.17) is 5.11 Å². The van der Waals surface area contributed by atoms with Crippen molar-refractivity contribution in [2.45, 2.75) is 18.9 Å². The van der Waals surface area contributed by atoms with Gasteiger partial charge in [0.05, 0.1) is 17.4 Å². The maximum Gasteiger partial charge on any atom is 0.303 e. The number of nitrogens with zero attached hydrogens (tertiary/aromatic N) is 2. The molecule has 0 saturated carbocycles. The highest BCUT2D eigenvalue weighted by Crippen LogP contribution is 2.21. The fourth-order valence-corrected chi connectivity index (χ4v) is 3.82. The summed E-state index contributed by atoms with van der Waals surface area (Å²) in [6, 6.07) is 8.71. The van der Waals surface area contributed by atoms with Crippen LogP contribution in [0.3, 0.4) is 0 Å². The van der Waals surface area contributed by atoms with Gasteiger partial charge in [0.1, 0.15) is 5.84 Å². The molecule has 0 aliphatic carbocycles. The molecule has 0 aromatic heterocycles. The fraction of sp³-hybridized carbons (Fsp3) is 0.278. The number of hydrogen-bond acceptors (Lipinski definition) is 5. The molecule has 142 valence electrons. The number of rotatable bonds is 6. The van der Waals surface area contributed by atoms with Crippen molar-refractivity contribution in [2.75, 3.05) is 12.3 Å². The monoisotopic (exact) mass is 389 g/mol. The van der Waals surface area contributed by atoms with Crippen molar-refractivity contribution >= 4 is 27.7 Å². The zero-order chi connectivity index (χ0) is 19.4. The Bertz CT molecular complexity index is 935. The summed E-state index contributed by atoms with van der Waals surface area (Å²) in [5.74, 6) is -1.13. The molecule has 2 N–H and O–H groups in total. The average Bonchev–Trinajstić information content (AvgIpc) is 2.64. The Kier molecular flexibility index (Phi) is 5.41. The standard InChI is InChI=1S/C18H19N3O5S/c22-17(23)9-7-15(13-4-2-1-3-5-13)19-18(24)14-6-8-16-20-27(25,26)11-10-21(16)12-14/h1-6,8,12,15H,7,9-11H2,(H,19,24)(H,22,23). The van der Waals surface area contributed by atoms with E-state index in [1.807, 2.05) is 30.3 Å². The van der Waals surface area contributed by atoms with Crippen LogP contribution in [0.4, 0.5) is 0 Å². The zero-order valence-corrected chi connectivity index (χ0v) is 15.2. The lowest BCUT2D eigenvalue weighted by atomic mass is 10.0. The third-order valence-corrected chi connectivity index (χ3v) is 5.40. The van der Waals surface area contributed by atoms with Crippen LogP contribution in [0.25, 0.3) is 0 Å². The van der Waals surface area contributed by atoms with E-state index in [0.29, 0.717) is 5.57 Å². The van der Waals surface area contributed by atoms with Gasteiger partial charge in [-0.3, -0.25) is 9.59 Å². The second-order valence-electron chi connectivity index (χ2n) is 6.22. The summed E-state index contributed by atoms with van der Waals surface area (Å²) in [5, 5.41) is 11.8. The molecule has 27 heavy (non-hydrogen) atoms. The van der Waals surface area contributed by atoms with Crippen molar-refractivity contribution in [1.29, 1.82) is 0 Å². The van der Waals surface area contributed by atoms with E-state index < -0.39 is 22.0 Å². The summed E-state index contributed by atoms with van der Waals surface area (Å²) in [6.07, 6.45) is 4.74. The average molecular weight is 389 g/mol. The van der Waals surface area contributed by atoms with Gasteiger partial charge in [0.2, 0.25) is 0 Å². The first-order valence-corrected chi connectivity index (χ1v) is 10.0. The largest absolute Gasteiger partial charge is 0.481 e. The smallest absolute Gasteiger partial charge is 0.303 e. The van der Waals surface area contributed by atoms with Crippen LogP contribution in [-0.4, -0.2) is 48.4 Å². The normalized spacial score (nSPS) is 18.7. The number of carbonyl (C=O) groups is 2. The molecule has 2 aliphatic heterocycles. The highest BCUT2D eigenvalue weighted by Gasteiger charge is 2.26. The summed E-state index contributed by atoms with van der Waals surface area (Å²) < 4.78 is 26.8. The number of amidine groups is 1. The number of carbonyl (C=O) groups excluding carboxylic acids is 1. The Morgan fingerprint density at radius 3 is 2.67 bits per heavy atom. The number of fused-ring (bicyclic) bond motifs is 1. The van der Waals surface area contributed by atoms with Crippen LogP contribution in [0.2, 0.25) is 0 Å². The second kappa shape index (κ2) is 7.75. The maximum absolute atomic E-state index is 12.7. The number of sulfonamides is 1. The summed E-state index contributed by atoms with van der Waals surface area (Å²) >= 11 is 0. The second-order valence-corrected chi connectivity index (χ2v) is 7.97. The number of nitrogens with one attached hydrogen (secondary N) is 1. The van der Waals surface area contributed by atoms with E-state index in [1.165, 1.54) is 12.2 Å². The molecule has 8 nitrogen and oxygen atoms in total. The summed E-state index contributed by atoms with van der Waals surface area (Å²) in [5.41, 5.74) is 1.17. The number of carboxylic acid groups (broad SMARTS) is 1. The molecular weight excluding hydrogens is 370 g/mol. The van der Waals surface area contributed by atoms with Gasteiger partial charge in [-0.1, -0.05) is 30.3 Å². The molecule has 3 rings (SSSR count). The first-order valence-electron chi connectivity index (χ1n) is 8.41. The molecule has 1 atom stereocenters. The van der Waals surface area contributed by atoms with Gasteiger partial charge in [-0.05, 0) is 24.1 Å². The molecule has 0 spiro atoms. The molecule has 2 aliphatic rings. The van der Waals surface area contributed by atoms with E-state index in [2.05, 4.69) is 9.71 Å². The minimum atomic E-state index is -3.45. The number of amides is 1. The quantitative estimate of drug-likeness (QED) is 0.755. The molecule has 1 aromatic carbocycles.